The number of fused-ring (bicyclic) bond motifs is 1. The van der Waals surface area contributed by atoms with Crippen LogP contribution in [0.3, 0.4) is 0 Å². The Morgan fingerprint density at radius 2 is 2.19 bits per heavy atom. The Labute approximate surface area is 150 Å². The second-order valence-corrected chi connectivity index (χ2v) is 7.36. The number of anilines is 1. The number of phosphoric acid groups is 1. The minimum absolute atomic E-state index is 0.0248. The first kappa shape index (κ1) is 19.6. The van der Waals surface area contributed by atoms with Gasteiger partial charge in [0.25, 0.3) is 5.69 Å². The molecule has 1 aliphatic heterocycles. The minimum atomic E-state index is -4.84. The highest BCUT2D eigenvalue weighted by Gasteiger charge is 2.54. The molecule has 0 amide bonds. The van der Waals surface area contributed by atoms with Crippen LogP contribution in [-0.4, -0.2) is 63.9 Å². The smallest absolute Gasteiger partial charge is 0.387 e. The molecule has 6 N–H and O–H groups in total. The summed E-state index contributed by atoms with van der Waals surface area (Å²) in [5.41, 5.74) is 3.24. The highest BCUT2D eigenvalue weighted by Crippen LogP contribution is 2.44. The number of aliphatic hydroxyl groups excluding tert-OH is 1. The van der Waals surface area contributed by atoms with E-state index in [0.717, 1.165) is 17.1 Å². The van der Waals surface area contributed by atoms with Gasteiger partial charge in [-0.25, -0.2) is 14.5 Å². The van der Waals surface area contributed by atoms with Crippen molar-refractivity contribution < 1.29 is 38.7 Å². The summed E-state index contributed by atoms with van der Waals surface area (Å²) in [5.74, 6) is -0.162. The minimum Gasteiger partial charge on any atom is -0.387 e. The number of nitrogens with zero attached hydrogens (tertiary/aromatic N) is 4. The Morgan fingerprint density at radius 3 is 2.78 bits per heavy atom. The third-order valence-electron chi connectivity index (χ3n) is 4.23. The van der Waals surface area contributed by atoms with E-state index in [4.69, 9.17) is 20.3 Å². The van der Waals surface area contributed by atoms with Gasteiger partial charge in [-0.2, -0.15) is 0 Å². The lowest BCUT2D eigenvalue weighted by atomic mass is 9.96. The summed E-state index contributed by atoms with van der Waals surface area (Å²) in [6, 6.07) is 0. The Hall–Kier alpha value is -2.19. The average molecular weight is 405 g/mol. The zero-order chi connectivity index (χ0) is 20.1. The number of hydrogen-bond donors (Lipinski definition) is 5. The lowest BCUT2D eigenvalue weighted by molar-refractivity contribution is -0.383. The second-order valence-electron chi connectivity index (χ2n) is 6.12. The first-order chi connectivity index (χ1) is 12.4. The van der Waals surface area contributed by atoms with Crippen LogP contribution in [0, 0.1) is 10.1 Å². The SMILES string of the molecule is C[C@@]1(O)[C@H](O)[C@@H](COP(=O)(O)O)O[C@H]1n1cc([N+](=O)[O-])c2c(N)ncnc21. The third-order valence-corrected chi connectivity index (χ3v) is 4.72. The summed E-state index contributed by atoms with van der Waals surface area (Å²) >= 11 is 0. The lowest BCUT2D eigenvalue weighted by Gasteiger charge is -2.27. The van der Waals surface area contributed by atoms with Gasteiger partial charge < -0.3 is 30.5 Å². The molecule has 3 rings (SSSR count). The summed E-state index contributed by atoms with van der Waals surface area (Å²) in [4.78, 5) is 35.8. The van der Waals surface area contributed by atoms with Gasteiger partial charge in [0.2, 0.25) is 0 Å². The van der Waals surface area contributed by atoms with E-state index < -0.39 is 49.1 Å². The fourth-order valence-electron chi connectivity index (χ4n) is 2.95. The van der Waals surface area contributed by atoms with Gasteiger partial charge in [-0.1, -0.05) is 0 Å². The first-order valence-corrected chi connectivity index (χ1v) is 8.98. The van der Waals surface area contributed by atoms with E-state index in [1.807, 2.05) is 0 Å². The van der Waals surface area contributed by atoms with Gasteiger partial charge in [0.15, 0.2) is 11.9 Å². The Morgan fingerprint density at radius 1 is 1.52 bits per heavy atom. The molecule has 15 heteroatoms. The van der Waals surface area contributed by atoms with Gasteiger partial charge in [-0.05, 0) is 6.92 Å². The molecule has 4 atom stereocenters. The fourth-order valence-corrected chi connectivity index (χ4v) is 3.29. The number of nitrogens with two attached hydrogens (primary N) is 1. The van der Waals surface area contributed by atoms with Crippen molar-refractivity contribution in [3.63, 3.8) is 0 Å². The van der Waals surface area contributed by atoms with Crippen molar-refractivity contribution in [2.75, 3.05) is 12.3 Å². The van der Waals surface area contributed by atoms with Crippen molar-refractivity contribution in [3.8, 4) is 0 Å². The van der Waals surface area contributed by atoms with E-state index in [1.54, 1.807) is 0 Å². The number of nitro groups is 1. The van der Waals surface area contributed by atoms with Crippen molar-refractivity contribution >= 4 is 30.4 Å². The molecule has 0 aliphatic carbocycles. The highest BCUT2D eigenvalue weighted by molar-refractivity contribution is 7.46. The fraction of sp³-hybridized carbons (Fsp3) is 0.500. The van der Waals surface area contributed by atoms with Crippen molar-refractivity contribution in [2.24, 2.45) is 0 Å². The van der Waals surface area contributed by atoms with Crippen molar-refractivity contribution in [1.82, 2.24) is 14.5 Å². The van der Waals surface area contributed by atoms with Crippen LogP contribution in [-0.2, 0) is 13.8 Å². The number of rotatable bonds is 5. The van der Waals surface area contributed by atoms with Crippen LogP contribution in [0.15, 0.2) is 12.5 Å². The topological polar surface area (TPSA) is 216 Å². The number of phosphoric ester groups is 1. The Kier molecular flexibility index (Phi) is 4.68. The summed E-state index contributed by atoms with van der Waals surface area (Å²) < 4.78 is 21.8. The molecule has 1 aliphatic rings. The van der Waals surface area contributed by atoms with Gasteiger partial charge in [-0.15, -0.1) is 0 Å². The van der Waals surface area contributed by atoms with Crippen LogP contribution in [0.25, 0.3) is 11.0 Å². The maximum absolute atomic E-state index is 11.3. The number of ether oxygens (including phenoxy) is 1. The normalized spacial score (nSPS) is 28.7. The average Bonchev–Trinajstić information content (AvgIpc) is 3.03. The van der Waals surface area contributed by atoms with E-state index in [9.17, 15) is 24.9 Å². The molecule has 1 saturated heterocycles. The Balaban J connectivity index is 2.04. The number of aromatic nitrogens is 3. The molecule has 27 heavy (non-hydrogen) atoms. The van der Waals surface area contributed by atoms with Gasteiger partial charge >= 0.3 is 7.82 Å². The zero-order valence-electron chi connectivity index (χ0n) is 13.7. The van der Waals surface area contributed by atoms with Crippen molar-refractivity contribution in [1.29, 1.82) is 0 Å². The van der Waals surface area contributed by atoms with Crippen molar-refractivity contribution in [3.05, 3.63) is 22.6 Å². The van der Waals surface area contributed by atoms with Gasteiger partial charge in [0.05, 0.1) is 17.7 Å². The molecule has 0 aromatic carbocycles. The van der Waals surface area contributed by atoms with E-state index in [1.165, 1.54) is 6.92 Å². The highest BCUT2D eigenvalue weighted by atomic mass is 31.2. The van der Waals surface area contributed by atoms with E-state index in [2.05, 4.69) is 14.5 Å². The predicted molar refractivity (Wildman–Crippen MR) is 87.1 cm³/mol. The molecule has 0 bridgehead atoms. The van der Waals surface area contributed by atoms with Crippen LogP contribution in [0.1, 0.15) is 13.2 Å². The molecule has 0 unspecified atom stereocenters. The molecular weight excluding hydrogens is 389 g/mol. The first-order valence-electron chi connectivity index (χ1n) is 7.45. The molecule has 14 nitrogen and oxygen atoms in total. The van der Waals surface area contributed by atoms with Gasteiger partial charge in [0, 0.05) is 0 Å². The lowest BCUT2D eigenvalue weighted by Crippen LogP contribution is -2.44. The summed E-state index contributed by atoms with van der Waals surface area (Å²) in [6.07, 6.45) is -2.25. The third kappa shape index (κ3) is 3.39. The van der Waals surface area contributed by atoms with Crippen LogP contribution >= 0.6 is 7.82 Å². The largest absolute Gasteiger partial charge is 0.469 e. The molecule has 3 heterocycles. The summed E-state index contributed by atoms with van der Waals surface area (Å²) in [7, 11) is -4.84. The van der Waals surface area contributed by atoms with Crippen LogP contribution < -0.4 is 5.73 Å². The maximum atomic E-state index is 11.3. The number of aliphatic hydroxyl groups is 2. The van der Waals surface area contributed by atoms with Crippen LogP contribution in [0.4, 0.5) is 11.5 Å². The Bertz CT molecular complexity index is 941. The maximum Gasteiger partial charge on any atom is 0.469 e. The molecule has 0 radical (unpaired) electrons. The second kappa shape index (κ2) is 6.45. The van der Waals surface area contributed by atoms with Crippen LogP contribution in [0.5, 0.6) is 0 Å². The molecule has 2 aromatic rings. The molecule has 1 fully saturated rings. The van der Waals surface area contributed by atoms with E-state index in [0.29, 0.717) is 0 Å². The zero-order valence-corrected chi connectivity index (χ0v) is 14.6. The predicted octanol–water partition coefficient (Wildman–Crippen LogP) is -0.960. The van der Waals surface area contributed by atoms with Gasteiger partial charge in [0.1, 0.15) is 35.3 Å². The number of hydrogen-bond acceptors (Lipinski definition) is 10. The van der Waals surface area contributed by atoms with E-state index >= 15 is 0 Å². The van der Waals surface area contributed by atoms with Crippen molar-refractivity contribution in [2.45, 2.75) is 31.0 Å². The molecule has 148 valence electrons. The molecule has 2 aromatic heterocycles. The van der Waals surface area contributed by atoms with Gasteiger partial charge in [-0.3, -0.25) is 19.2 Å². The monoisotopic (exact) mass is 405 g/mol. The summed E-state index contributed by atoms with van der Waals surface area (Å²) in [6.45, 7) is 0.471. The summed E-state index contributed by atoms with van der Waals surface area (Å²) in [5, 5.41) is 32.2. The molecule has 0 saturated carbocycles. The molecule has 0 spiro atoms. The molecular formula is C12H16N5O9P. The quantitative estimate of drug-likeness (QED) is 0.231. The standard InChI is InChI=1S/C12H16N5O9P/c1-12(19)8(18)6(3-25-27(22,23)24)26-11(12)16-2-5(17(20)21)7-9(13)14-4-15-10(7)16/h2,4,6,8,11,18-19H,3H2,1H3,(H2,13,14,15)(H2,22,23,24)/t6-,8-,11-,12-/m1/s1. The van der Waals surface area contributed by atoms with E-state index in [-0.39, 0.29) is 16.9 Å². The number of nitrogen functional groups attached to an aromatic ring is 1. The van der Waals surface area contributed by atoms with Crippen LogP contribution in [0.2, 0.25) is 0 Å².